The zero-order chi connectivity index (χ0) is 13.9. The first-order chi connectivity index (χ1) is 9.31. The van der Waals surface area contributed by atoms with Crippen molar-refractivity contribution < 1.29 is 9.47 Å². The topological polar surface area (TPSA) is 30.5 Å². The van der Waals surface area contributed by atoms with Crippen molar-refractivity contribution in [3.8, 4) is 5.75 Å². The molecule has 0 aliphatic heterocycles. The van der Waals surface area contributed by atoms with Crippen LogP contribution < -0.4 is 10.1 Å². The van der Waals surface area contributed by atoms with Crippen molar-refractivity contribution in [2.75, 3.05) is 26.9 Å². The van der Waals surface area contributed by atoms with Crippen molar-refractivity contribution in [1.29, 1.82) is 0 Å². The molecule has 0 amide bonds. The zero-order valence-electron chi connectivity index (χ0n) is 12.4. The molecule has 0 spiro atoms. The largest absolute Gasteiger partial charge is 0.494 e. The Hall–Kier alpha value is -1.06. The number of hydrogen-bond donors (Lipinski definition) is 1. The highest BCUT2D eigenvalue weighted by atomic mass is 16.5. The average molecular weight is 265 g/mol. The van der Waals surface area contributed by atoms with Gasteiger partial charge in [-0.2, -0.15) is 0 Å². The van der Waals surface area contributed by atoms with Gasteiger partial charge in [0.25, 0.3) is 0 Å². The summed E-state index contributed by atoms with van der Waals surface area (Å²) >= 11 is 0. The molecule has 1 aromatic rings. The van der Waals surface area contributed by atoms with Crippen molar-refractivity contribution in [2.45, 2.75) is 39.2 Å². The van der Waals surface area contributed by atoms with Gasteiger partial charge in [0.05, 0.1) is 19.3 Å². The van der Waals surface area contributed by atoms with Crippen molar-refractivity contribution in [2.24, 2.45) is 0 Å². The third-order valence-electron chi connectivity index (χ3n) is 3.03. The van der Waals surface area contributed by atoms with Gasteiger partial charge in [0, 0.05) is 6.61 Å². The molecule has 1 N–H and O–H groups in total. The third-order valence-corrected chi connectivity index (χ3v) is 3.03. The molecule has 3 nitrogen and oxygen atoms in total. The maximum atomic E-state index is 5.68. The second-order valence-electron chi connectivity index (χ2n) is 4.69. The van der Waals surface area contributed by atoms with E-state index >= 15 is 0 Å². The van der Waals surface area contributed by atoms with Gasteiger partial charge >= 0.3 is 0 Å². The number of hydrogen-bond acceptors (Lipinski definition) is 3. The van der Waals surface area contributed by atoms with Gasteiger partial charge in [-0.15, -0.1) is 0 Å². The molecular weight excluding hydrogens is 238 g/mol. The molecule has 0 aliphatic carbocycles. The maximum Gasteiger partial charge on any atom is 0.119 e. The van der Waals surface area contributed by atoms with Crippen molar-refractivity contribution in [3.05, 3.63) is 29.8 Å². The summed E-state index contributed by atoms with van der Waals surface area (Å²) in [6, 6.07) is 8.52. The maximum absolute atomic E-state index is 5.68. The fraction of sp³-hybridized carbons (Fsp3) is 0.625. The van der Waals surface area contributed by atoms with E-state index in [1.54, 1.807) is 0 Å². The standard InChI is InChI=1S/C16H27NO2/c1-4-6-12-18-13-16(17-3)14-7-9-15(10-8-14)19-11-5-2/h7-10,16-17H,4-6,11-13H2,1-3H3. The highest BCUT2D eigenvalue weighted by Gasteiger charge is 2.09. The Morgan fingerprint density at radius 1 is 1.05 bits per heavy atom. The van der Waals surface area contributed by atoms with Crippen LogP contribution in [0, 0.1) is 0 Å². The number of ether oxygens (including phenoxy) is 2. The van der Waals surface area contributed by atoms with Gasteiger partial charge in [-0.1, -0.05) is 32.4 Å². The Morgan fingerprint density at radius 3 is 2.37 bits per heavy atom. The van der Waals surface area contributed by atoms with Crippen molar-refractivity contribution >= 4 is 0 Å². The molecule has 1 aromatic carbocycles. The minimum Gasteiger partial charge on any atom is -0.494 e. The van der Waals surface area contributed by atoms with Crippen LogP contribution in [0.1, 0.15) is 44.7 Å². The van der Waals surface area contributed by atoms with Crippen LogP contribution in [-0.4, -0.2) is 26.9 Å². The van der Waals surface area contributed by atoms with Gasteiger partial charge in [0.2, 0.25) is 0 Å². The summed E-state index contributed by atoms with van der Waals surface area (Å²) in [5, 5.41) is 3.29. The van der Waals surface area contributed by atoms with E-state index in [1.807, 2.05) is 19.2 Å². The summed E-state index contributed by atoms with van der Waals surface area (Å²) in [4.78, 5) is 0. The second kappa shape index (κ2) is 9.82. The van der Waals surface area contributed by atoms with Crippen LogP contribution in [-0.2, 0) is 4.74 Å². The molecule has 0 radical (unpaired) electrons. The van der Waals surface area contributed by atoms with Crippen LogP contribution in [0.25, 0.3) is 0 Å². The molecule has 0 aliphatic rings. The lowest BCUT2D eigenvalue weighted by molar-refractivity contribution is 0.111. The fourth-order valence-electron chi connectivity index (χ4n) is 1.81. The van der Waals surface area contributed by atoms with Crippen LogP contribution in [0.5, 0.6) is 5.75 Å². The van der Waals surface area contributed by atoms with E-state index in [0.717, 1.165) is 31.8 Å². The molecule has 3 heteroatoms. The first kappa shape index (κ1) is 16.0. The summed E-state index contributed by atoms with van der Waals surface area (Å²) in [5.41, 5.74) is 1.24. The van der Waals surface area contributed by atoms with Gasteiger partial charge in [-0.3, -0.25) is 0 Å². The summed E-state index contributed by atoms with van der Waals surface area (Å²) in [7, 11) is 1.97. The van der Waals surface area contributed by atoms with E-state index in [0.29, 0.717) is 6.61 Å². The van der Waals surface area contributed by atoms with Gasteiger partial charge in [0.15, 0.2) is 0 Å². The van der Waals surface area contributed by atoms with Crippen LogP contribution in [0.4, 0.5) is 0 Å². The normalized spacial score (nSPS) is 12.4. The lowest BCUT2D eigenvalue weighted by atomic mass is 10.1. The quantitative estimate of drug-likeness (QED) is 0.656. The zero-order valence-corrected chi connectivity index (χ0v) is 12.4. The third kappa shape index (κ3) is 6.08. The Morgan fingerprint density at radius 2 is 1.79 bits per heavy atom. The summed E-state index contributed by atoms with van der Waals surface area (Å²) in [5.74, 6) is 0.937. The van der Waals surface area contributed by atoms with Crippen LogP contribution >= 0.6 is 0 Å². The molecule has 1 unspecified atom stereocenters. The lowest BCUT2D eigenvalue weighted by Crippen LogP contribution is -2.22. The lowest BCUT2D eigenvalue weighted by Gasteiger charge is -2.17. The SMILES string of the molecule is CCCCOCC(NC)c1ccc(OCCC)cc1. The monoisotopic (exact) mass is 265 g/mol. The predicted octanol–water partition coefficient (Wildman–Crippen LogP) is 3.55. The Bertz CT molecular complexity index is 324. The van der Waals surface area contributed by atoms with Gasteiger partial charge in [-0.25, -0.2) is 0 Å². The minimum atomic E-state index is 0.247. The van der Waals surface area contributed by atoms with E-state index < -0.39 is 0 Å². The van der Waals surface area contributed by atoms with Crippen LogP contribution in [0.15, 0.2) is 24.3 Å². The molecule has 108 valence electrons. The average Bonchev–Trinajstić information content (AvgIpc) is 2.46. The number of rotatable bonds is 10. The molecule has 0 bridgehead atoms. The highest BCUT2D eigenvalue weighted by molar-refractivity contribution is 5.29. The molecular formula is C16H27NO2. The summed E-state index contributed by atoms with van der Waals surface area (Å²) in [6.45, 7) is 6.61. The summed E-state index contributed by atoms with van der Waals surface area (Å²) < 4.78 is 11.3. The van der Waals surface area contributed by atoms with Crippen molar-refractivity contribution in [1.82, 2.24) is 5.32 Å². The Kier molecular flexibility index (Phi) is 8.26. The Labute approximate surface area is 117 Å². The second-order valence-corrected chi connectivity index (χ2v) is 4.69. The molecule has 0 saturated heterocycles. The van der Waals surface area contributed by atoms with Gasteiger partial charge in [0.1, 0.15) is 5.75 Å². The molecule has 19 heavy (non-hydrogen) atoms. The molecule has 0 aromatic heterocycles. The molecule has 0 heterocycles. The first-order valence-electron chi connectivity index (χ1n) is 7.29. The van der Waals surface area contributed by atoms with Crippen LogP contribution in [0.2, 0.25) is 0 Å². The smallest absolute Gasteiger partial charge is 0.119 e. The van der Waals surface area contributed by atoms with E-state index in [-0.39, 0.29) is 6.04 Å². The van der Waals surface area contributed by atoms with Crippen LogP contribution in [0.3, 0.4) is 0 Å². The number of nitrogens with one attached hydrogen (secondary N) is 1. The van der Waals surface area contributed by atoms with E-state index in [1.165, 1.54) is 12.0 Å². The first-order valence-corrected chi connectivity index (χ1v) is 7.29. The molecule has 1 rings (SSSR count). The summed E-state index contributed by atoms with van der Waals surface area (Å²) in [6.07, 6.45) is 3.33. The Balaban J connectivity index is 2.46. The molecule has 1 atom stereocenters. The molecule has 0 saturated carbocycles. The minimum absolute atomic E-state index is 0.247. The number of likely N-dealkylation sites (N-methyl/N-ethyl adjacent to an activating group) is 1. The van der Waals surface area contributed by atoms with E-state index in [2.05, 4.69) is 31.3 Å². The highest BCUT2D eigenvalue weighted by Crippen LogP contribution is 2.18. The van der Waals surface area contributed by atoms with Gasteiger partial charge in [-0.05, 0) is 37.6 Å². The van der Waals surface area contributed by atoms with Crippen molar-refractivity contribution in [3.63, 3.8) is 0 Å². The number of unbranched alkanes of at least 4 members (excludes halogenated alkanes) is 1. The fourth-order valence-corrected chi connectivity index (χ4v) is 1.81. The van der Waals surface area contributed by atoms with Gasteiger partial charge < -0.3 is 14.8 Å². The van der Waals surface area contributed by atoms with E-state index in [4.69, 9.17) is 9.47 Å². The molecule has 0 fully saturated rings. The predicted molar refractivity (Wildman–Crippen MR) is 79.8 cm³/mol. The number of benzene rings is 1. The van der Waals surface area contributed by atoms with E-state index in [9.17, 15) is 0 Å².